The summed E-state index contributed by atoms with van der Waals surface area (Å²) in [5.41, 5.74) is 0.696. The predicted octanol–water partition coefficient (Wildman–Crippen LogP) is 4.21. The van der Waals surface area contributed by atoms with E-state index >= 15 is 0 Å². The molecule has 2 rings (SSSR count). The van der Waals surface area contributed by atoms with Gasteiger partial charge in [0.1, 0.15) is 10.6 Å². The lowest BCUT2D eigenvalue weighted by atomic mass is 9.99. The van der Waals surface area contributed by atoms with Crippen LogP contribution in [0.25, 0.3) is 0 Å². The number of aliphatic imine (C=N–C) groups is 2. The molecule has 1 aromatic heterocycles. The summed E-state index contributed by atoms with van der Waals surface area (Å²) < 4.78 is 28.2. The Labute approximate surface area is 190 Å². The van der Waals surface area contributed by atoms with Gasteiger partial charge in [0.05, 0.1) is 40.7 Å². The topological polar surface area (TPSA) is 85.2 Å². The molecular formula is C21H33BrN4O3S. The molecule has 0 radical (unpaired) electrons. The summed E-state index contributed by atoms with van der Waals surface area (Å²) in [6, 6.07) is 4.36. The Balaban J connectivity index is 2.57. The fourth-order valence-corrected chi connectivity index (χ4v) is 4.10. The van der Waals surface area contributed by atoms with E-state index in [0.717, 1.165) is 0 Å². The quantitative estimate of drug-likeness (QED) is 0.568. The molecular weight excluding hydrogens is 468 g/mol. The lowest BCUT2D eigenvalue weighted by Gasteiger charge is -2.33. The molecule has 0 aromatic carbocycles. The summed E-state index contributed by atoms with van der Waals surface area (Å²) >= 11 is 3.43. The van der Waals surface area contributed by atoms with E-state index in [0.29, 0.717) is 35.3 Å². The first kappa shape index (κ1) is 24.9. The summed E-state index contributed by atoms with van der Waals surface area (Å²) in [6.45, 7) is 14.7. The molecule has 1 unspecified atom stereocenters. The molecule has 4 atom stereocenters. The maximum atomic E-state index is 13.0. The van der Waals surface area contributed by atoms with Crippen LogP contribution in [0.5, 0.6) is 0 Å². The van der Waals surface area contributed by atoms with Crippen LogP contribution in [0.2, 0.25) is 0 Å². The largest absolute Gasteiger partial charge is 0.480 e. The molecule has 1 aliphatic heterocycles. The second kappa shape index (κ2) is 10.8. The van der Waals surface area contributed by atoms with Gasteiger partial charge in [-0.2, -0.15) is 0 Å². The van der Waals surface area contributed by atoms with Crippen LogP contribution in [0.15, 0.2) is 32.8 Å². The molecule has 1 N–H and O–H groups in total. The highest BCUT2D eigenvalue weighted by Gasteiger charge is 2.39. The summed E-state index contributed by atoms with van der Waals surface area (Å²) in [5, 5.41) is 0. The van der Waals surface area contributed by atoms with Gasteiger partial charge in [-0.1, -0.05) is 19.9 Å². The highest BCUT2D eigenvalue weighted by atomic mass is 79.9. The monoisotopic (exact) mass is 500 g/mol. The number of hydrogen-bond acceptors (Lipinski definition) is 6. The van der Waals surface area contributed by atoms with Gasteiger partial charge in [-0.05, 0) is 68.6 Å². The van der Waals surface area contributed by atoms with Crippen LogP contribution in [-0.4, -0.2) is 51.0 Å². The second-order valence-corrected chi connectivity index (χ2v) is 11.1. The number of nitrogens with one attached hydrogen (secondary N) is 1. The standard InChI is InChI=1S/C21H33BrN4O3S/c1-8-28-19-16(13(3)4)24-20(29-9-2)18(25-19)17(26-30(27)21(5,6)7)14-11-10-12-15(22)23-14/h10-13,16-18,26H,8-9H2,1-7H3/t16-,17?,18+,30+/m1/s1. The zero-order chi connectivity index (χ0) is 22.5. The van der Waals surface area contributed by atoms with Crippen molar-refractivity contribution in [3.63, 3.8) is 0 Å². The molecule has 0 fully saturated rings. The number of rotatable bonds is 7. The summed E-state index contributed by atoms with van der Waals surface area (Å²) in [4.78, 5) is 14.4. The molecule has 2 heterocycles. The van der Waals surface area contributed by atoms with Gasteiger partial charge in [0.25, 0.3) is 0 Å². The predicted molar refractivity (Wildman–Crippen MR) is 126 cm³/mol. The van der Waals surface area contributed by atoms with Crippen LogP contribution >= 0.6 is 15.9 Å². The van der Waals surface area contributed by atoms with E-state index in [1.807, 2.05) is 52.8 Å². The zero-order valence-electron chi connectivity index (χ0n) is 18.8. The van der Waals surface area contributed by atoms with Crippen molar-refractivity contribution < 1.29 is 13.7 Å². The number of pyridine rings is 1. The minimum Gasteiger partial charge on any atom is -0.480 e. The molecule has 1 aromatic rings. The zero-order valence-corrected chi connectivity index (χ0v) is 21.2. The van der Waals surface area contributed by atoms with Gasteiger partial charge >= 0.3 is 0 Å². The Hall–Kier alpha value is -1.32. The van der Waals surface area contributed by atoms with Crippen LogP contribution in [-0.2, 0) is 20.5 Å². The summed E-state index contributed by atoms with van der Waals surface area (Å²) in [7, 11) is -1.35. The third kappa shape index (κ3) is 6.34. The first-order valence-corrected chi connectivity index (χ1v) is 12.2. The maximum Gasteiger partial charge on any atom is 0.211 e. The maximum absolute atomic E-state index is 13.0. The number of ether oxygens (including phenoxy) is 2. The van der Waals surface area contributed by atoms with Crippen molar-refractivity contribution in [2.45, 2.75) is 71.3 Å². The number of halogens is 1. The number of hydrogen-bond donors (Lipinski definition) is 1. The average Bonchev–Trinajstić information content (AvgIpc) is 2.66. The average molecular weight is 501 g/mol. The van der Waals surface area contributed by atoms with Crippen molar-refractivity contribution in [3.8, 4) is 0 Å². The van der Waals surface area contributed by atoms with Gasteiger partial charge in [-0.25, -0.2) is 23.9 Å². The van der Waals surface area contributed by atoms with Crippen LogP contribution in [0.1, 0.15) is 60.2 Å². The van der Waals surface area contributed by atoms with Gasteiger partial charge in [0, 0.05) is 0 Å². The summed E-state index contributed by atoms with van der Waals surface area (Å²) in [5.74, 6) is 1.28. The van der Waals surface area contributed by atoms with Crippen LogP contribution in [0, 0.1) is 5.92 Å². The molecule has 1 aliphatic rings. The van der Waals surface area contributed by atoms with E-state index in [1.165, 1.54) is 0 Å². The smallest absolute Gasteiger partial charge is 0.211 e. The lowest BCUT2D eigenvalue weighted by molar-refractivity contribution is 0.270. The molecule has 0 amide bonds. The Morgan fingerprint density at radius 2 is 1.67 bits per heavy atom. The third-order valence-electron chi connectivity index (χ3n) is 4.42. The van der Waals surface area contributed by atoms with Crippen molar-refractivity contribution in [2.24, 2.45) is 15.9 Å². The fourth-order valence-electron chi connectivity index (χ4n) is 2.91. The minimum atomic E-state index is -1.35. The van der Waals surface area contributed by atoms with Crippen LogP contribution in [0.4, 0.5) is 0 Å². The third-order valence-corrected chi connectivity index (χ3v) is 6.44. The molecule has 30 heavy (non-hydrogen) atoms. The molecule has 0 saturated heterocycles. The first-order valence-electron chi connectivity index (χ1n) is 10.3. The van der Waals surface area contributed by atoms with Crippen molar-refractivity contribution in [3.05, 3.63) is 28.5 Å². The molecule has 0 saturated carbocycles. The van der Waals surface area contributed by atoms with Gasteiger partial charge in [-0.3, -0.25) is 0 Å². The van der Waals surface area contributed by atoms with Crippen molar-refractivity contribution >= 4 is 38.7 Å². The van der Waals surface area contributed by atoms with Gasteiger partial charge < -0.3 is 9.47 Å². The van der Waals surface area contributed by atoms with Crippen molar-refractivity contribution in [1.82, 2.24) is 9.71 Å². The minimum absolute atomic E-state index is 0.200. The van der Waals surface area contributed by atoms with E-state index in [4.69, 9.17) is 19.5 Å². The molecule has 7 nitrogen and oxygen atoms in total. The molecule has 168 valence electrons. The van der Waals surface area contributed by atoms with Crippen molar-refractivity contribution in [2.75, 3.05) is 13.2 Å². The summed E-state index contributed by atoms with van der Waals surface area (Å²) in [6.07, 6.45) is 0. The number of nitrogens with zero attached hydrogens (tertiary/aromatic N) is 3. The first-order chi connectivity index (χ1) is 14.1. The van der Waals surface area contributed by atoms with Crippen molar-refractivity contribution in [1.29, 1.82) is 0 Å². The lowest BCUT2D eigenvalue weighted by Crippen LogP contribution is -2.47. The van der Waals surface area contributed by atoms with E-state index in [9.17, 15) is 4.21 Å². The van der Waals surface area contributed by atoms with Crippen LogP contribution in [0.3, 0.4) is 0 Å². The Morgan fingerprint density at radius 1 is 1.10 bits per heavy atom. The highest BCUT2D eigenvalue weighted by molar-refractivity contribution is 9.10. The Morgan fingerprint density at radius 3 is 2.17 bits per heavy atom. The van der Waals surface area contributed by atoms with Crippen LogP contribution < -0.4 is 4.72 Å². The number of aromatic nitrogens is 1. The second-order valence-electron chi connectivity index (χ2n) is 8.30. The molecule has 0 aliphatic carbocycles. The van der Waals surface area contributed by atoms with E-state index < -0.39 is 27.8 Å². The SMILES string of the molecule is CCOC1=N[C@H](C(C)C)C(OCC)=N[C@H]1C(N[S@@](=O)C(C)(C)C)c1cccc(Br)n1. The normalized spacial score (nSPS) is 21.6. The van der Waals surface area contributed by atoms with Gasteiger partial charge in [0.2, 0.25) is 11.8 Å². The molecule has 0 bridgehead atoms. The molecule has 9 heteroatoms. The van der Waals surface area contributed by atoms with E-state index in [2.05, 4.69) is 39.5 Å². The Kier molecular flexibility index (Phi) is 8.99. The Bertz CT molecular complexity index is 808. The van der Waals surface area contributed by atoms with Gasteiger partial charge in [-0.15, -0.1) is 0 Å². The highest BCUT2D eigenvalue weighted by Crippen LogP contribution is 2.28. The van der Waals surface area contributed by atoms with E-state index in [-0.39, 0.29) is 12.0 Å². The van der Waals surface area contributed by atoms with E-state index in [1.54, 1.807) is 0 Å². The fraction of sp³-hybridized carbons (Fsp3) is 0.667. The molecule has 0 spiro atoms. The van der Waals surface area contributed by atoms with Gasteiger partial charge in [0.15, 0.2) is 6.04 Å².